The molecule has 1 heterocycles. The molecule has 0 aromatic heterocycles. The van der Waals surface area contributed by atoms with Gasteiger partial charge in [0.2, 0.25) is 0 Å². The van der Waals surface area contributed by atoms with Gasteiger partial charge in [-0.05, 0) is 12.0 Å². The topological polar surface area (TPSA) is 90.2 Å². The van der Waals surface area contributed by atoms with Crippen molar-refractivity contribution in [3.8, 4) is 0 Å². The van der Waals surface area contributed by atoms with Crippen molar-refractivity contribution >= 4 is 0 Å². The van der Waals surface area contributed by atoms with Gasteiger partial charge in [-0.2, -0.15) is 0 Å². The van der Waals surface area contributed by atoms with Gasteiger partial charge >= 0.3 is 0 Å². The van der Waals surface area contributed by atoms with Crippen LogP contribution in [0.1, 0.15) is 6.42 Å². The van der Waals surface area contributed by atoms with Gasteiger partial charge in [0.05, 0.1) is 6.61 Å². The van der Waals surface area contributed by atoms with Gasteiger partial charge < -0.3 is 25.2 Å². The highest BCUT2D eigenvalue weighted by Crippen LogP contribution is 2.33. The van der Waals surface area contributed by atoms with Crippen LogP contribution in [-0.4, -0.2) is 57.6 Å². The fourth-order valence-electron chi connectivity index (χ4n) is 1.70. The Labute approximate surface area is 81.2 Å². The van der Waals surface area contributed by atoms with E-state index >= 15 is 0 Å². The summed E-state index contributed by atoms with van der Waals surface area (Å²) in [5.74, 6) is 0. The van der Waals surface area contributed by atoms with Gasteiger partial charge in [-0.1, -0.05) is 6.08 Å². The molecule has 5 nitrogen and oxygen atoms in total. The van der Waals surface area contributed by atoms with Crippen molar-refractivity contribution < 1.29 is 25.2 Å². The molecule has 1 saturated heterocycles. The number of ether oxygens (including phenoxy) is 1. The molecule has 0 bridgehead atoms. The Kier molecular flexibility index (Phi) is 2.59. The number of aliphatic hydroxyl groups excluding tert-OH is 4. The monoisotopic (exact) mass is 202 g/mol. The van der Waals surface area contributed by atoms with E-state index in [1.807, 2.05) is 6.08 Å². The maximum Gasteiger partial charge on any atom is 0.112 e. The predicted molar refractivity (Wildman–Crippen MR) is 46.5 cm³/mol. The van der Waals surface area contributed by atoms with Crippen molar-refractivity contribution in [2.45, 2.75) is 36.9 Å². The van der Waals surface area contributed by atoms with Crippen molar-refractivity contribution in [3.05, 3.63) is 11.6 Å². The summed E-state index contributed by atoms with van der Waals surface area (Å²) < 4.78 is 5.28. The summed E-state index contributed by atoms with van der Waals surface area (Å²) in [5, 5.41) is 37.4. The van der Waals surface area contributed by atoms with E-state index in [4.69, 9.17) is 9.84 Å². The van der Waals surface area contributed by atoms with Crippen LogP contribution in [0.25, 0.3) is 0 Å². The number of hydrogen-bond acceptors (Lipinski definition) is 5. The molecule has 0 amide bonds. The lowest BCUT2D eigenvalue weighted by Crippen LogP contribution is -2.58. The van der Waals surface area contributed by atoms with Crippen LogP contribution in [0.5, 0.6) is 0 Å². The maximum absolute atomic E-state index is 9.57. The normalized spacial score (nSPS) is 47.4. The fourth-order valence-corrected chi connectivity index (χ4v) is 1.70. The van der Waals surface area contributed by atoms with E-state index in [0.717, 1.165) is 12.0 Å². The standard InChI is InChI=1S/C9H14O5/c10-3-5-6(11)7(12)8(13)9(14-5)4-1-2-4/h1,5-13H,2-3H2. The SMILES string of the molecule is OCC1OC(C2=CC2)C(O)C(O)C1O. The molecule has 0 radical (unpaired) electrons. The van der Waals surface area contributed by atoms with Crippen molar-refractivity contribution in [2.75, 3.05) is 6.61 Å². The second kappa shape index (κ2) is 3.60. The van der Waals surface area contributed by atoms with Crippen molar-refractivity contribution in [2.24, 2.45) is 0 Å². The Morgan fingerprint density at radius 2 is 1.86 bits per heavy atom. The molecule has 1 aliphatic heterocycles. The van der Waals surface area contributed by atoms with Crippen molar-refractivity contribution in [3.63, 3.8) is 0 Å². The fraction of sp³-hybridized carbons (Fsp3) is 0.778. The molecule has 0 aromatic rings. The van der Waals surface area contributed by atoms with E-state index in [1.165, 1.54) is 0 Å². The average Bonchev–Trinajstić information content (AvgIpc) is 2.98. The molecule has 0 spiro atoms. The first-order chi connectivity index (χ1) is 6.65. The molecule has 4 N–H and O–H groups in total. The van der Waals surface area contributed by atoms with E-state index in [1.54, 1.807) is 0 Å². The second-order valence-electron chi connectivity index (χ2n) is 3.73. The third-order valence-corrected chi connectivity index (χ3v) is 2.70. The second-order valence-corrected chi connectivity index (χ2v) is 3.73. The Bertz CT molecular complexity index is 250. The number of hydrogen-bond donors (Lipinski definition) is 4. The molecular weight excluding hydrogens is 188 g/mol. The zero-order valence-corrected chi connectivity index (χ0v) is 7.58. The van der Waals surface area contributed by atoms with Gasteiger partial charge in [0.25, 0.3) is 0 Å². The van der Waals surface area contributed by atoms with Crippen LogP contribution in [0.4, 0.5) is 0 Å². The molecule has 2 aliphatic rings. The van der Waals surface area contributed by atoms with Crippen LogP contribution in [0.3, 0.4) is 0 Å². The highest BCUT2D eigenvalue weighted by atomic mass is 16.5. The molecule has 0 saturated carbocycles. The first-order valence-corrected chi connectivity index (χ1v) is 4.64. The van der Waals surface area contributed by atoms with E-state index in [-0.39, 0.29) is 6.61 Å². The Hall–Kier alpha value is -0.460. The van der Waals surface area contributed by atoms with Gasteiger partial charge in [0.1, 0.15) is 30.5 Å². The van der Waals surface area contributed by atoms with E-state index < -0.39 is 30.5 Å². The summed E-state index contributed by atoms with van der Waals surface area (Å²) in [6.07, 6.45) is -2.35. The molecular formula is C9H14O5. The predicted octanol–water partition coefficient (Wildman–Crippen LogP) is -1.84. The third kappa shape index (κ3) is 1.57. The van der Waals surface area contributed by atoms with Crippen molar-refractivity contribution in [1.82, 2.24) is 0 Å². The maximum atomic E-state index is 9.57. The van der Waals surface area contributed by atoms with Crippen LogP contribution in [0, 0.1) is 0 Å². The first kappa shape index (κ1) is 10.1. The highest BCUT2D eigenvalue weighted by Gasteiger charge is 2.45. The summed E-state index contributed by atoms with van der Waals surface area (Å²) in [7, 11) is 0. The van der Waals surface area contributed by atoms with Gasteiger partial charge in [0.15, 0.2) is 0 Å². The number of aliphatic hydroxyl groups is 4. The minimum Gasteiger partial charge on any atom is -0.394 e. The van der Waals surface area contributed by atoms with Gasteiger partial charge in [-0.15, -0.1) is 0 Å². The third-order valence-electron chi connectivity index (χ3n) is 2.70. The van der Waals surface area contributed by atoms with Crippen LogP contribution >= 0.6 is 0 Å². The summed E-state index contributed by atoms with van der Waals surface area (Å²) >= 11 is 0. The van der Waals surface area contributed by atoms with Crippen LogP contribution in [-0.2, 0) is 4.74 Å². The number of rotatable bonds is 2. The van der Waals surface area contributed by atoms with Crippen LogP contribution in [0.15, 0.2) is 11.6 Å². The molecule has 80 valence electrons. The minimum absolute atomic E-state index is 0.366. The van der Waals surface area contributed by atoms with E-state index in [2.05, 4.69) is 0 Å². The lowest BCUT2D eigenvalue weighted by Gasteiger charge is -2.39. The van der Waals surface area contributed by atoms with Gasteiger partial charge in [0, 0.05) is 0 Å². The molecule has 2 rings (SSSR count). The van der Waals surface area contributed by atoms with Gasteiger partial charge in [-0.3, -0.25) is 0 Å². The number of allylic oxidation sites excluding steroid dienone is 1. The lowest BCUT2D eigenvalue weighted by atomic mass is 9.94. The van der Waals surface area contributed by atoms with Crippen LogP contribution < -0.4 is 0 Å². The van der Waals surface area contributed by atoms with Crippen LogP contribution in [0.2, 0.25) is 0 Å². The van der Waals surface area contributed by atoms with Gasteiger partial charge in [-0.25, -0.2) is 0 Å². The molecule has 14 heavy (non-hydrogen) atoms. The summed E-state index contributed by atoms with van der Waals surface area (Å²) in [4.78, 5) is 0. The molecule has 1 aliphatic carbocycles. The quantitative estimate of drug-likeness (QED) is 0.395. The highest BCUT2D eigenvalue weighted by molar-refractivity contribution is 5.29. The zero-order chi connectivity index (χ0) is 10.3. The minimum atomic E-state index is -1.26. The molecule has 5 heteroatoms. The zero-order valence-electron chi connectivity index (χ0n) is 7.58. The van der Waals surface area contributed by atoms with E-state index in [0.29, 0.717) is 0 Å². The Morgan fingerprint density at radius 1 is 1.21 bits per heavy atom. The smallest absolute Gasteiger partial charge is 0.112 e. The van der Waals surface area contributed by atoms with Crippen molar-refractivity contribution in [1.29, 1.82) is 0 Å². The molecule has 5 unspecified atom stereocenters. The Morgan fingerprint density at radius 3 is 2.36 bits per heavy atom. The average molecular weight is 202 g/mol. The summed E-state index contributed by atoms with van der Waals surface area (Å²) in [5.41, 5.74) is 0.918. The summed E-state index contributed by atoms with van der Waals surface area (Å²) in [6.45, 7) is -0.366. The summed E-state index contributed by atoms with van der Waals surface area (Å²) in [6, 6.07) is 0. The lowest BCUT2D eigenvalue weighted by molar-refractivity contribution is -0.218. The largest absolute Gasteiger partial charge is 0.394 e. The first-order valence-electron chi connectivity index (χ1n) is 4.64. The Balaban J connectivity index is 2.10. The molecule has 0 aromatic carbocycles. The molecule has 1 fully saturated rings. The molecule has 5 atom stereocenters. The van der Waals surface area contributed by atoms with E-state index in [9.17, 15) is 15.3 Å².